The van der Waals surface area contributed by atoms with Crippen molar-refractivity contribution in [2.45, 2.75) is 44.4 Å². The molecule has 2 saturated heterocycles. The summed E-state index contributed by atoms with van der Waals surface area (Å²) in [6, 6.07) is 6.03. The fourth-order valence-electron chi connectivity index (χ4n) is 4.94. The molecule has 1 saturated carbocycles. The van der Waals surface area contributed by atoms with Crippen molar-refractivity contribution in [1.82, 2.24) is 20.0 Å². The van der Waals surface area contributed by atoms with Crippen molar-refractivity contribution < 1.29 is 13.2 Å². The van der Waals surface area contributed by atoms with E-state index >= 15 is 0 Å². The van der Waals surface area contributed by atoms with Gasteiger partial charge in [0.15, 0.2) is 5.13 Å². The third kappa shape index (κ3) is 4.21. The molecule has 3 fully saturated rings. The highest BCUT2D eigenvalue weighted by Crippen LogP contribution is 2.54. The number of anilines is 2. The molecule has 0 bridgehead atoms. The Morgan fingerprint density at radius 2 is 1.62 bits per heavy atom. The summed E-state index contributed by atoms with van der Waals surface area (Å²) in [5.41, 5.74) is 2.95. The van der Waals surface area contributed by atoms with E-state index in [0.717, 1.165) is 40.3 Å². The molecule has 1 aromatic carbocycles. The molecule has 180 valence electrons. The first-order valence-electron chi connectivity index (χ1n) is 11.6. The lowest BCUT2D eigenvalue weighted by Gasteiger charge is -2.35. The molecular weight excluding hydrogens is 529 g/mol. The number of halogens is 4. The van der Waals surface area contributed by atoms with Gasteiger partial charge in [0.05, 0.1) is 17.6 Å². The highest BCUT2D eigenvalue weighted by molar-refractivity contribution is 9.10. The second-order valence-corrected chi connectivity index (χ2v) is 11.5. The summed E-state index contributed by atoms with van der Waals surface area (Å²) in [7, 11) is 0. The summed E-state index contributed by atoms with van der Waals surface area (Å²) >= 11 is 4.45. The Labute approximate surface area is 207 Å². The number of aromatic nitrogens is 4. The van der Waals surface area contributed by atoms with Crippen molar-refractivity contribution >= 4 is 38.1 Å². The van der Waals surface area contributed by atoms with Crippen molar-refractivity contribution in [2.24, 2.45) is 5.41 Å². The van der Waals surface area contributed by atoms with Crippen LogP contribution >= 0.6 is 27.3 Å². The lowest BCUT2D eigenvalue weighted by atomic mass is 9.93. The van der Waals surface area contributed by atoms with Crippen LogP contribution in [0.3, 0.4) is 0 Å². The smallest absolute Gasteiger partial charge is 0.251 e. The van der Waals surface area contributed by atoms with E-state index in [9.17, 15) is 13.2 Å². The lowest BCUT2D eigenvalue weighted by Crippen LogP contribution is -2.39. The maximum absolute atomic E-state index is 14.8. The van der Waals surface area contributed by atoms with Crippen LogP contribution in [0.2, 0.25) is 0 Å². The summed E-state index contributed by atoms with van der Waals surface area (Å²) in [5.74, 6) is -2.66. The number of benzene rings is 1. The summed E-state index contributed by atoms with van der Waals surface area (Å²) in [6.45, 7) is 2.32. The van der Waals surface area contributed by atoms with E-state index in [0.29, 0.717) is 16.2 Å². The van der Waals surface area contributed by atoms with Crippen molar-refractivity contribution in [3.05, 3.63) is 34.0 Å². The SMILES string of the molecule is Fc1sc(N2CCC(F)(F)CC2)nc1-c1cn(-c2ccc(Br)cc2N2CCC3(CC2)CC3)nn1. The van der Waals surface area contributed by atoms with Crippen LogP contribution < -0.4 is 9.80 Å². The van der Waals surface area contributed by atoms with Crippen LogP contribution in [0.4, 0.5) is 24.0 Å². The van der Waals surface area contributed by atoms with E-state index in [1.54, 1.807) is 15.8 Å². The predicted octanol–water partition coefficient (Wildman–Crippen LogP) is 5.91. The van der Waals surface area contributed by atoms with Gasteiger partial charge in [-0.1, -0.05) is 32.5 Å². The van der Waals surface area contributed by atoms with Gasteiger partial charge in [0.25, 0.3) is 5.92 Å². The average Bonchev–Trinajstić information content (AvgIpc) is 3.21. The Kier molecular flexibility index (Phi) is 5.40. The summed E-state index contributed by atoms with van der Waals surface area (Å²) in [4.78, 5) is 8.50. The topological polar surface area (TPSA) is 50.1 Å². The van der Waals surface area contributed by atoms with E-state index in [4.69, 9.17) is 0 Å². The molecule has 0 amide bonds. The molecule has 0 N–H and O–H groups in total. The zero-order valence-corrected chi connectivity index (χ0v) is 20.9. The molecule has 0 radical (unpaired) electrons. The van der Waals surface area contributed by atoms with Gasteiger partial charge in [0, 0.05) is 43.5 Å². The van der Waals surface area contributed by atoms with Crippen LogP contribution in [0, 0.1) is 10.5 Å². The van der Waals surface area contributed by atoms with Gasteiger partial charge in [-0.25, -0.2) is 18.4 Å². The molecular formula is C23H24BrF3N6S. The maximum Gasteiger partial charge on any atom is 0.251 e. The van der Waals surface area contributed by atoms with E-state index in [-0.39, 0.29) is 31.6 Å². The van der Waals surface area contributed by atoms with Gasteiger partial charge >= 0.3 is 0 Å². The van der Waals surface area contributed by atoms with E-state index in [2.05, 4.69) is 42.2 Å². The molecule has 4 heterocycles. The average molecular weight is 553 g/mol. The van der Waals surface area contributed by atoms with Gasteiger partial charge in [-0.15, -0.1) is 5.10 Å². The van der Waals surface area contributed by atoms with E-state index in [1.165, 1.54) is 25.7 Å². The van der Waals surface area contributed by atoms with Gasteiger partial charge in [-0.05, 0) is 49.3 Å². The quantitative estimate of drug-likeness (QED) is 0.402. The monoisotopic (exact) mass is 552 g/mol. The number of hydrogen-bond donors (Lipinski definition) is 0. The van der Waals surface area contributed by atoms with Crippen LogP contribution in [-0.4, -0.2) is 52.1 Å². The van der Waals surface area contributed by atoms with E-state index in [1.807, 2.05) is 12.1 Å². The summed E-state index contributed by atoms with van der Waals surface area (Å²) in [6.07, 6.45) is 6.30. The van der Waals surface area contributed by atoms with Gasteiger partial charge in [-0.3, -0.25) is 0 Å². The minimum Gasteiger partial charge on any atom is -0.370 e. The number of rotatable bonds is 4. The normalized spacial score (nSPS) is 21.3. The van der Waals surface area contributed by atoms with Crippen molar-refractivity contribution in [3.63, 3.8) is 0 Å². The molecule has 1 aliphatic carbocycles. The molecule has 1 spiro atoms. The van der Waals surface area contributed by atoms with Crippen LogP contribution in [0.5, 0.6) is 0 Å². The summed E-state index contributed by atoms with van der Waals surface area (Å²) in [5, 5.41) is 8.40. The van der Waals surface area contributed by atoms with Crippen molar-refractivity contribution in [3.8, 4) is 17.1 Å². The number of thiazole rings is 1. The fourth-order valence-corrected chi connectivity index (χ4v) is 6.15. The molecule has 6 rings (SSSR count). The highest BCUT2D eigenvalue weighted by atomic mass is 79.9. The lowest BCUT2D eigenvalue weighted by molar-refractivity contribution is -0.0220. The molecule has 3 aliphatic rings. The second kappa shape index (κ2) is 8.22. The van der Waals surface area contributed by atoms with Crippen molar-refractivity contribution in [2.75, 3.05) is 36.0 Å². The van der Waals surface area contributed by atoms with Gasteiger partial charge in [0.1, 0.15) is 11.4 Å². The number of nitrogens with zero attached hydrogens (tertiary/aromatic N) is 6. The minimum atomic E-state index is -2.66. The first-order chi connectivity index (χ1) is 16.3. The van der Waals surface area contributed by atoms with E-state index < -0.39 is 11.1 Å². The molecule has 3 aromatic rings. The Morgan fingerprint density at radius 1 is 0.912 bits per heavy atom. The van der Waals surface area contributed by atoms with Gasteiger partial charge in [-0.2, -0.15) is 4.39 Å². The zero-order valence-electron chi connectivity index (χ0n) is 18.5. The fraction of sp³-hybridized carbons (Fsp3) is 0.522. The van der Waals surface area contributed by atoms with Gasteiger partial charge in [0.2, 0.25) is 5.13 Å². The Bertz CT molecular complexity index is 1200. The highest BCUT2D eigenvalue weighted by Gasteiger charge is 2.44. The first-order valence-corrected chi connectivity index (χ1v) is 13.2. The largest absolute Gasteiger partial charge is 0.370 e. The van der Waals surface area contributed by atoms with Crippen LogP contribution in [-0.2, 0) is 0 Å². The Hall–Kier alpha value is -2.14. The Balaban J connectivity index is 1.26. The van der Waals surface area contributed by atoms with Crippen LogP contribution in [0.1, 0.15) is 38.5 Å². The molecule has 6 nitrogen and oxygen atoms in total. The maximum atomic E-state index is 14.8. The molecule has 2 aliphatic heterocycles. The standard InChI is InChI=1S/C23H24BrF3N6S/c24-15-1-2-17(18(13-15)31-9-5-22(3-4-22)6-10-31)33-14-16(29-30-33)19-20(25)34-21(28-19)32-11-7-23(26,27)8-12-32/h1-2,13-14H,3-12H2. The number of piperidine rings is 2. The minimum absolute atomic E-state index is 0.107. The van der Waals surface area contributed by atoms with Crippen LogP contribution in [0.25, 0.3) is 17.1 Å². The zero-order chi connectivity index (χ0) is 23.5. The molecule has 34 heavy (non-hydrogen) atoms. The molecule has 2 aromatic heterocycles. The molecule has 11 heteroatoms. The van der Waals surface area contributed by atoms with Crippen molar-refractivity contribution in [1.29, 1.82) is 0 Å². The first kappa shape index (κ1) is 22.3. The molecule has 0 atom stereocenters. The summed E-state index contributed by atoms with van der Waals surface area (Å²) < 4.78 is 44.4. The number of alkyl halides is 2. The third-order valence-electron chi connectivity index (χ3n) is 7.38. The number of hydrogen-bond acceptors (Lipinski definition) is 6. The second-order valence-electron chi connectivity index (χ2n) is 9.63. The Morgan fingerprint density at radius 3 is 2.32 bits per heavy atom. The predicted molar refractivity (Wildman–Crippen MR) is 130 cm³/mol. The third-order valence-corrected chi connectivity index (χ3v) is 8.78. The molecule has 0 unspecified atom stereocenters. The van der Waals surface area contributed by atoms with Crippen LogP contribution in [0.15, 0.2) is 28.9 Å². The van der Waals surface area contributed by atoms with Gasteiger partial charge < -0.3 is 9.80 Å².